The molecular weight excluding hydrogens is 316 g/mol. The first-order chi connectivity index (χ1) is 9.58. The van der Waals surface area contributed by atoms with E-state index in [0.717, 1.165) is 21.7 Å². The number of hydrogen-bond acceptors (Lipinski definition) is 4. The van der Waals surface area contributed by atoms with Crippen molar-refractivity contribution in [3.05, 3.63) is 52.7 Å². The van der Waals surface area contributed by atoms with Crippen LogP contribution in [0.15, 0.2) is 41.4 Å². The minimum atomic E-state index is 0.598. The summed E-state index contributed by atoms with van der Waals surface area (Å²) in [5.74, 6) is 1.37. The minimum Gasteiger partial charge on any atom is -0.351 e. The van der Waals surface area contributed by atoms with Crippen molar-refractivity contribution in [1.29, 1.82) is 0 Å². The van der Waals surface area contributed by atoms with Gasteiger partial charge in [0.1, 0.15) is 5.82 Å². The molecule has 2 rings (SSSR count). The summed E-state index contributed by atoms with van der Waals surface area (Å²) in [5.41, 5.74) is 3.08. The topological polar surface area (TPSA) is 49.8 Å². The molecule has 0 aliphatic rings. The number of nitrogens with one attached hydrogen (secondary N) is 2. The van der Waals surface area contributed by atoms with Gasteiger partial charge in [0.15, 0.2) is 0 Å². The second-order valence-corrected chi connectivity index (χ2v) is 5.33. The molecule has 5 heteroatoms. The van der Waals surface area contributed by atoms with Crippen LogP contribution in [0.25, 0.3) is 0 Å². The van der Waals surface area contributed by atoms with Crippen molar-refractivity contribution in [1.82, 2.24) is 9.97 Å². The van der Waals surface area contributed by atoms with Gasteiger partial charge in [0.05, 0.1) is 0 Å². The predicted molar refractivity (Wildman–Crippen MR) is 87.6 cm³/mol. The van der Waals surface area contributed by atoms with E-state index < -0.39 is 0 Å². The molecule has 0 fully saturated rings. The van der Waals surface area contributed by atoms with E-state index >= 15 is 0 Å². The van der Waals surface area contributed by atoms with E-state index in [1.807, 2.05) is 25.1 Å². The second kappa shape index (κ2) is 6.52. The van der Waals surface area contributed by atoms with E-state index in [2.05, 4.69) is 56.1 Å². The van der Waals surface area contributed by atoms with Crippen LogP contribution >= 0.6 is 15.9 Å². The Morgan fingerprint density at radius 1 is 1.25 bits per heavy atom. The van der Waals surface area contributed by atoms with Crippen LogP contribution in [0.4, 0.5) is 17.5 Å². The molecule has 2 aromatic rings. The number of nitrogens with zero attached hydrogens (tertiary/aromatic N) is 2. The molecule has 0 atom stereocenters. The first-order valence-electron chi connectivity index (χ1n) is 6.32. The molecule has 0 radical (unpaired) electrons. The Kier molecular flexibility index (Phi) is 4.74. The van der Waals surface area contributed by atoms with Crippen LogP contribution in [-0.4, -0.2) is 16.5 Å². The first-order valence-corrected chi connectivity index (χ1v) is 7.11. The average Bonchev–Trinajstić information content (AvgIpc) is 2.40. The molecule has 1 aromatic heterocycles. The van der Waals surface area contributed by atoms with Crippen molar-refractivity contribution in [2.24, 2.45) is 0 Å². The molecule has 2 N–H and O–H groups in total. The summed E-state index contributed by atoms with van der Waals surface area (Å²) >= 11 is 3.49. The molecule has 1 aromatic carbocycles. The van der Waals surface area contributed by atoms with Gasteiger partial charge in [-0.2, -0.15) is 4.98 Å². The van der Waals surface area contributed by atoms with Crippen molar-refractivity contribution >= 4 is 33.4 Å². The molecule has 1 heterocycles. The standard InChI is InChI=1S/C15H17BrN4/c1-4-7-17-15-18-11(3)9-14(20-15)19-12-5-6-13(16)10(2)8-12/h4-6,8-9H,1,7H2,2-3H3,(H2,17,18,19,20). The van der Waals surface area contributed by atoms with Gasteiger partial charge in [-0.1, -0.05) is 22.0 Å². The van der Waals surface area contributed by atoms with Gasteiger partial charge < -0.3 is 10.6 Å². The van der Waals surface area contributed by atoms with E-state index in [9.17, 15) is 0 Å². The van der Waals surface area contributed by atoms with Crippen molar-refractivity contribution in [2.75, 3.05) is 17.2 Å². The van der Waals surface area contributed by atoms with Crippen molar-refractivity contribution in [3.63, 3.8) is 0 Å². The van der Waals surface area contributed by atoms with E-state index in [4.69, 9.17) is 0 Å². The molecule has 0 aliphatic heterocycles. The highest BCUT2D eigenvalue weighted by Crippen LogP contribution is 2.22. The highest BCUT2D eigenvalue weighted by atomic mass is 79.9. The van der Waals surface area contributed by atoms with Crippen LogP contribution in [0.2, 0.25) is 0 Å². The van der Waals surface area contributed by atoms with E-state index in [0.29, 0.717) is 12.5 Å². The lowest BCUT2D eigenvalue weighted by Crippen LogP contribution is -2.06. The van der Waals surface area contributed by atoms with Gasteiger partial charge >= 0.3 is 0 Å². The van der Waals surface area contributed by atoms with Crippen LogP contribution in [0.3, 0.4) is 0 Å². The van der Waals surface area contributed by atoms with Crippen LogP contribution in [-0.2, 0) is 0 Å². The fourth-order valence-corrected chi connectivity index (χ4v) is 1.99. The van der Waals surface area contributed by atoms with Gasteiger partial charge in [-0.25, -0.2) is 4.98 Å². The lowest BCUT2D eigenvalue weighted by molar-refractivity contribution is 1.08. The Hall–Kier alpha value is -1.88. The zero-order chi connectivity index (χ0) is 14.5. The molecule has 20 heavy (non-hydrogen) atoms. The fraction of sp³-hybridized carbons (Fsp3) is 0.200. The Balaban J connectivity index is 2.21. The van der Waals surface area contributed by atoms with Gasteiger partial charge in [-0.15, -0.1) is 6.58 Å². The summed E-state index contributed by atoms with van der Waals surface area (Å²) in [4.78, 5) is 8.75. The van der Waals surface area contributed by atoms with Crippen molar-refractivity contribution in [3.8, 4) is 0 Å². The van der Waals surface area contributed by atoms with Gasteiger partial charge in [-0.3, -0.25) is 0 Å². The first kappa shape index (κ1) is 14.5. The van der Waals surface area contributed by atoms with Gasteiger partial charge in [-0.05, 0) is 37.6 Å². The van der Waals surface area contributed by atoms with Crippen molar-refractivity contribution in [2.45, 2.75) is 13.8 Å². The number of anilines is 3. The number of aromatic nitrogens is 2. The zero-order valence-corrected chi connectivity index (χ0v) is 13.2. The summed E-state index contributed by atoms with van der Waals surface area (Å²) in [7, 11) is 0. The number of halogens is 1. The maximum atomic E-state index is 4.43. The van der Waals surface area contributed by atoms with Crippen LogP contribution < -0.4 is 10.6 Å². The third kappa shape index (κ3) is 3.81. The second-order valence-electron chi connectivity index (χ2n) is 4.48. The van der Waals surface area contributed by atoms with E-state index in [-0.39, 0.29) is 0 Å². The third-order valence-electron chi connectivity index (χ3n) is 2.69. The van der Waals surface area contributed by atoms with Crippen LogP contribution in [0.5, 0.6) is 0 Å². The summed E-state index contributed by atoms with van der Waals surface area (Å²) in [6.07, 6.45) is 1.77. The molecule has 0 aliphatic carbocycles. The predicted octanol–water partition coefficient (Wildman–Crippen LogP) is 4.20. The number of rotatable bonds is 5. The summed E-state index contributed by atoms with van der Waals surface area (Å²) < 4.78 is 1.09. The molecule has 104 valence electrons. The fourth-order valence-electron chi connectivity index (χ4n) is 1.75. The quantitative estimate of drug-likeness (QED) is 0.805. The molecule has 0 saturated heterocycles. The molecule has 0 saturated carbocycles. The van der Waals surface area contributed by atoms with Gasteiger partial charge in [0.2, 0.25) is 5.95 Å². The highest BCUT2D eigenvalue weighted by Gasteiger charge is 2.03. The Bertz CT molecular complexity index is 625. The Labute approximate surface area is 127 Å². The van der Waals surface area contributed by atoms with Crippen LogP contribution in [0.1, 0.15) is 11.3 Å². The van der Waals surface area contributed by atoms with E-state index in [1.54, 1.807) is 6.08 Å². The monoisotopic (exact) mass is 332 g/mol. The number of hydrogen-bond donors (Lipinski definition) is 2. The SMILES string of the molecule is C=CCNc1nc(C)cc(Nc2ccc(Br)c(C)c2)n1. The molecule has 4 nitrogen and oxygen atoms in total. The minimum absolute atomic E-state index is 0.598. The summed E-state index contributed by atoms with van der Waals surface area (Å²) in [6, 6.07) is 8.00. The lowest BCUT2D eigenvalue weighted by Gasteiger charge is -2.10. The largest absolute Gasteiger partial charge is 0.351 e. The third-order valence-corrected chi connectivity index (χ3v) is 3.58. The average molecular weight is 333 g/mol. The summed E-state index contributed by atoms with van der Waals surface area (Å²) in [5, 5.41) is 6.39. The van der Waals surface area contributed by atoms with Gasteiger partial charge in [0, 0.05) is 28.5 Å². The molecule has 0 bridgehead atoms. The van der Waals surface area contributed by atoms with Crippen molar-refractivity contribution < 1.29 is 0 Å². The van der Waals surface area contributed by atoms with E-state index in [1.165, 1.54) is 5.56 Å². The number of benzene rings is 1. The smallest absolute Gasteiger partial charge is 0.225 e. The number of aryl methyl sites for hydroxylation is 2. The maximum absolute atomic E-state index is 4.43. The van der Waals surface area contributed by atoms with Crippen LogP contribution in [0, 0.1) is 13.8 Å². The van der Waals surface area contributed by atoms with Gasteiger partial charge in [0.25, 0.3) is 0 Å². The molecule has 0 amide bonds. The maximum Gasteiger partial charge on any atom is 0.225 e. The Morgan fingerprint density at radius 3 is 2.75 bits per heavy atom. The Morgan fingerprint density at radius 2 is 2.05 bits per heavy atom. The highest BCUT2D eigenvalue weighted by molar-refractivity contribution is 9.10. The normalized spacial score (nSPS) is 10.2. The molecular formula is C15H17BrN4. The molecule has 0 spiro atoms. The lowest BCUT2D eigenvalue weighted by atomic mass is 10.2. The summed E-state index contributed by atoms with van der Waals surface area (Å²) in [6.45, 7) is 8.30. The molecule has 0 unspecified atom stereocenters. The zero-order valence-electron chi connectivity index (χ0n) is 11.6.